The van der Waals surface area contributed by atoms with Crippen LogP contribution in [0.2, 0.25) is 0 Å². The fraction of sp³-hybridized carbons (Fsp3) is 0.0769. The lowest BCUT2D eigenvalue weighted by atomic mass is 10.2. The van der Waals surface area contributed by atoms with E-state index in [2.05, 4.69) is 6.07 Å². The Labute approximate surface area is 88.8 Å². The molecule has 0 spiro atoms. The number of para-hydroxylation sites is 1. The van der Waals surface area contributed by atoms with Gasteiger partial charge in [0.15, 0.2) is 0 Å². The van der Waals surface area contributed by atoms with E-state index in [0.29, 0.717) is 11.3 Å². The quantitative estimate of drug-likeness (QED) is 0.823. The average Bonchev–Trinajstić information content (AvgIpc) is 2.31. The van der Waals surface area contributed by atoms with Gasteiger partial charge in [0.05, 0.1) is 6.61 Å². The molecule has 0 fully saturated rings. The number of benzene rings is 2. The molecule has 0 bridgehead atoms. The first kappa shape index (κ1) is 9.74. The van der Waals surface area contributed by atoms with E-state index in [1.165, 1.54) is 0 Å². The zero-order valence-electron chi connectivity index (χ0n) is 8.18. The zero-order chi connectivity index (χ0) is 10.5. The summed E-state index contributed by atoms with van der Waals surface area (Å²) in [6, 6.07) is 17.8. The van der Waals surface area contributed by atoms with Crippen LogP contribution in [0.4, 0.5) is 0 Å². The third-order valence-corrected chi connectivity index (χ3v) is 2.03. The van der Waals surface area contributed by atoms with Gasteiger partial charge < -0.3 is 9.84 Å². The molecule has 15 heavy (non-hydrogen) atoms. The molecule has 2 aromatic rings. The summed E-state index contributed by atoms with van der Waals surface area (Å²) < 4.78 is 5.61. The van der Waals surface area contributed by atoms with Crippen molar-refractivity contribution in [1.29, 1.82) is 0 Å². The summed E-state index contributed by atoms with van der Waals surface area (Å²) in [6.45, 7) is -0.0665. The normalized spacial score (nSPS) is 9.93. The smallest absolute Gasteiger partial charge is 0.133 e. The molecule has 0 unspecified atom stereocenters. The van der Waals surface area contributed by atoms with Gasteiger partial charge in [-0.3, -0.25) is 0 Å². The van der Waals surface area contributed by atoms with Crippen LogP contribution in [0, 0.1) is 6.07 Å². The third kappa shape index (κ3) is 2.36. The fourth-order valence-electron chi connectivity index (χ4n) is 1.29. The highest BCUT2D eigenvalue weighted by Gasteiger charge is 2.02. The van der Waals surface area contributed by atoms with E-state index in [4.69, 9.17) is 9.84 Å². The van der Waals surface area contributed by atoms with E-state index >= 15 is 0 Å². The maximum absolute atomic E-state index is 9.09. The molecule has 2 rings (SSSR count). The van der Waals surface area contributed by atoms with Crippen LogP contribution < -0.4 is 4.74 Å². The van der Waals surface area contributed by atoms with E-state index in [1.54, 1.807) is 6.07 Å². The van der Waals surface area contributed by atoms with Crippen molar-refractivity contribution in [2.75, 3.05) is 0 Å². The Morgan fingerprint density at radius 2 is 1.87 bits per heavy atom. The molecule has 0 heterocycles. The average molecular weight is 199 g/mol. The fourth-order valence-corrected chi connectivity index (χ4v) is 1.29. The summed E-state index contributed by atoms with van der Waals surface area (Å²) in [7, 11) is 0. The van der Waals surface area contributed by atoms with E-state index in [0.717, 1.165) is 5.75 Å². The number of ether oxygens (including phenoxy) is 1. The van der Waals surface area contributed by atoms with Crippen molar-refractivity contribution in [3.63, 3.8) is 0 Å². The van der Waals surface area contributed by atoms with Crippen LogP contribution in [-0.2, 0) is 6.61 Å². The van der Waals surface area contributed by atoms with Crippen LogP contribution in [0.3, 0.4) is 0 Å². The first-order valence-corrected chi connectivity index (χ1v) is 4.73. The number of rotatable bonds is 3. The summed E-state index contributed by atoms with van der Waals surface area (Å²) in [5.41, 5.74) is 0.668. The van der Waals surface area contributed by atoms with Gasteiger partial charge in [0.25, 0.3) is 0 Å². The summed E-state index contributed by atoms with van der Waals surface area (Å²) in [5, 5.41) is 9.09. The second-order valence-corrected chi connectivity index (χ2v) is 3.09. The lowest BCUT2D eigenvalue weighted by Gasteiger charge is -2.08. The molecule has 2 nitrogen and oxygen atoms in total. The number of hydrogen-bond acceptors (Lipinski definition) is 2. The second-order valence-electron chi connectivity index (χ2n) is 3.09. The third-order valence-electron chi connectivity index (χ3n) is 2.03. The van der Waals surface area contributed by atoms with E-state index < -0.39 is 0 Å². The molecule has 1 radical (unpaired) electrons. The number of aliphatic hydroxyl groups excluding tert-OH is 1. The predicted molar refractivity (Wildman–Crippen MR) is 57.7 cm³/mol. The predicted octanol–water partition coefficient (Wildman–Crippen LogP) is 2.77. The van der Waals surface area contributed by atoms with E-state index in [9.17, 15) is 0 Å². The molecule has 0 aliphatic carbocycles. The minimum atomic E-state index is -0.0665. The Morgan fingerprint density at radius 3 is 2.60 bits per heavy atom. The molecule has 0 aliphatic rings. The highest BCUT2D eigenvalue weighted by atomic mass is 16.5. The van der Waals surface area contributed by atoms with Gasteiger partial charge in [0.1, 0.15) is 11.5 Å². The Bertz CT molecular complexity index is 424. The highest BCUT2D eigenvalue weighted by Crippen LogP contribution is 2.24. The summed E-state index contributed by atoms with van der Waals surface area (Å²) in [5.74, 6) is 1.40. The standard InChI is InChI=1S/C13H11O2/c14-10-11-6-4-5-9-13(11)15-12-7-2-1-3-8-12/h1-5,7-9,14H,10H2. The van der Waals surface area contributed by atoms with Gasteiger partial charge in [-0.15, -0.1) is 0 Å². The monoisotopic (exact) mass is 199 g/mol. The van der Waals surface area contributed by atoms with Crippen LogP contribution in [0.5, 0.6) is 11.5 Å². The van der Waals surface area contributed by atoms with Gasteiger partial charge in [-0.2, -0.15) is 0 Å². The Kier molecular flexibility index (Phi) is 3.00. The first-order chi connectivity index (χ1) is 7.40. The first-order valence-electron chi connectivity index (χ1n) is 4.73. The van der Waals surface area contributed by atoms with Crippen molar-refractivity contribution < 1.29 is 9.84 Å². The van der Waals surface area contributed by atoms with Crippen molar-refractivity contribution in [1.82, 2.24) is 0 Å². The lowest BCUT2D eigenvalue weighted by molar-refractivity contribution is 0.276. The maximum Gasteiger partial charge on any atom is 0.133 e. The largest absolute Gasteiger partial charge is 0.457 e. The van der Waals surface area contributed by atoms with E-state index in [1.807, 2.05) is 42.5 Å². The van der Waals surface area contributed by atoms with Crippen molar-refractivity contribution in [2.45, 2.75) is 6.61 Å². The van der Waals surface area contributed by atoms with Crippen molar-refractivity contribution in [2.24, 2.45) is 0 Å². The Hall–Kier alpha value is -1.80. The zero-order valence-corrected chi connectivity index (χ0v) is 8.18. The molecular formula is C13H11O2. The van der Waals surface area contributed by atoms with Gasteiger partial charge in [-0.05, 0) is 24.3 Å². The van der Waals surface area contributed by atoms with Crippen LogP contribution >= 0.6 is 0 Å². The second kappa shape index (κ2) is 4.62. The molecule has 0 aromatic heterocycles. The number of hydrogen-bond donors (Lipinski definition) is 1. The molecule has 2 aromatic carbocycles. The SMILES string of the molecule is OCc1[c]cccc1Oc1ccccc1. The summed E-state index contributed by atoms with van der Waals surface area (Å²) >= 11 is 0. The molecule has 0 saturated heterocycles. The van der Waals surface area contributed by atoms with Gasteiger partial charge in [-0.25, -0.2) is 0 Å². The van der Waals surface area contributed by atoms with Crippen molar-refractivity contribution in [3.05, 3.63) is 60.2 Å². The number of aliphatic hydroxyl groups is 1. The minimum absolute atomic E-state index is 0.0665. The van der Waals surface area contributed by atoms with Crippen molar-refractivity contribution in [3.8, 4) is 11.5 Å². The van der Waals surface area contributed by atoms with Crippen LogP contribution in [0.1, 0.15) is 5.56 Å². The van der Waals surface area contributed by atoms with Gasteiger partial charge >= 0.3 is 0 Å². The van der Waals surface area contributed by atoms with E-state index in [-0.39, 0.29) is 6.61 Å². The van der Waals surface area contributed by atoms with Crippen LogP contribution in [-0.4, -0.2) is 5.11 Å². The molecule has 75 valence electrons. The summed E-state index contributed by atoms with van der Waals surface area (Å²) in [4.78, 5) is 0. The Balaban J connectivity index is 2.24. The molecule has 0 atom stereocenters. The highest BCUT2D eigenvalue weighted by molar-refractivity contribution is 5.36. The summed E-state index contributed by atoms with van der Waals surface area (Å²) in [6.07, 6.45) is 0. The van der Waals surface area contributed by atoms with Crippen molar-refractivity contribution >= 4 is 0 Å². The maximum atomic E-state index is 9.09. The van der Waals surface area contributed by atoms with Gasteiger partial charge in [0, 0.05) is 5.56 Å². The van der Waals surface area contributed by atoms with Crippen LogP contribution in [0.15, 0.2) is 48.5 Å². The van der Waals surface area contributed by atoms with Crippen LogP contribution in [0.25, 0.3) is 0 Å². The topological polar surface area (TPSA) is 29.5 Å². The molecule has 0 saturated carbocycles. The van der Waals surface area contributed by atoms with Gasteiger partial charge in [0.2, 0.25) is 0 Å². The molecule has 2 heteroatoms. The molecule has 0 amide bonds. The lowest BCUT2D eigenvalue weighted by Crippen LogP contribution is -1.90. The molecular weight excluding hydrogens is 188 g/mol. The molecule has 1 N–H and O–H groups in total. The minimum Gasteiger partial charge on any atom is -0.457 e. The Morgan fingerprint density at radius 1 is 1.07 bits per heavy atom. The van der Waals surface area contributed by atoms with Gasteiger partial charge in [-0.1, -0.05) is 30.3 Å². The molecule has 0 aliphatic heterocycles.